The lowest BCUT2D eigenvalue weighted by Crippen LogP contribution is -2.40. The molecule has 1 atom stereocenters. The molecule has 150 valence electrons. The van der Waals surface area contributed by atoms with Gasteiger partial charge in [0.15, 0.2) is 0 Å². The van der Waals surface area contributed by atoms with Gasteiger partial charge in [0.25, 0.3) is 0 Å². The van der Waals surface area contributed by atoms with Crippen LogP contribution in [0.5, 0.6) is 0 Å². The number of halogens is 2. The second kappa shape index (κ2) is 6.78. The van der Waals surface area contributed by atoms with Crippen molar-refractivity contribution >= 4 is 51.8 Å². The van der Waals surface area contributed by atoms with Crippen LogP contribution in [-0.2, 0) is 0 Å². The van der Waals surface area contributed by atoms with Crippen molar-refractivity contribution in [1.82, 2.24) is 19.9 Å². The smallest absolute Gasteiger partial charge is 0.321 e. The zero-order valence-corrected chi connectivity index (χ0v) is 17.3. The Labute approximate surface area is 178 Å². The second-order valence-corrected chi connectivity index (χ2v) is 8.70. The first-order valence-corrected chi connectivity index (χ1v) is 10.2. The molecule has 1 aromatic carbocycles. The summed E-state index contributed by atoms with van der Waals surface area (Å²) in [6, 6.07) is 7.06. The Kier molecular flexibility index (Phi) is 4.33. The van der Waals surface area contributed by atoms with Crippen molar-refractivity contribution in [3.8, 4) is 0 Å². The number of hydrogen-bond acceptors (Lipinski definition) is 4. The van der Waals surface area contributed by atoms with E-state index in [1.165, 1.54) is 0 Å². The van der Waals surface area contributed by atoms with Gasteiger partial charge in [-0.15, -0.1) is 0 Å². The highest BCUT2D eigenvalue weighted by molar-refractivity contribution is 6.35. The molecule has 2 N–H and O–H groups in total. The number of amides is 2. The van der Waals surface area contributed by atoms with Crippen LogP contribution < -0.4 is 10.2 Å². The molecular weight excluding hydrogens is 411 g/mol. The van der Waals surface area contributed by atoms with E-state index in [1.54, 1.807) is 24.5 Å². The molecule has 1 aliphatic heterocycles. The van der Waals surface area contributed by atoms with Gasteiger partial charge in [-0.25, -0.2) is 14.8 Å². The molecule has 5 rings (SSSR count). The van der Waals surface area contributed by atoms with Crippen LogP contribution in [-0.4, -0.2) is 52.1 Å². The molecule has 0 radical (unpaired) electrons. The third-order valence-corrected chi connectivity index (χ3v) is 6.65. The van der Waals surface area contributed by atoms with E-state index >= 15 is 0 Å². The summed E-state index contributed by atoms with van der Waals surface area (Å²) in [5, 5.41) is 4.88. The number of rotatable bonds is 3. The number of fused-ring (bicyclic) bond motifs is 1. The van der Waals surface area contributed by atoms with E-state index in [1.807, 2.05) is 17.2 Å². The molecule has 9 heteroatoms. The van der Waals surface area contributed by atoms with Gasteiger partial charge < -0.3 is 20.1 Å². The van der Waals surface area contributed by atoms with Crippen molar-refractivity contribution in [1.29, 1.82) is 0 Å². The van der Waals surface area contributed by atoms with Crippen molar-refractivity contribution in [3.63, 3.8) is 0 Å². The summed E-state index contributed by atoms with van der Waals surface area (Å²) in [5.74, 6) is 0.882. The summed E-state index contributed by atoms with van der Waals surface area (Å²) >= 11 is 12.2. The number of anilines is 2. The van der Waals surface area contributed by atoms with Gasteiger partial charge >= 0.3 is 6.03 Å². The molecule has 2 amide bonds. The highest BCUT2D eigenvalue weighted by Gasteiger charge is 2.57. The number of carbonyl (C=O) groups is 1. The summed E-state index contributed by atoms with van der Waals surface area (Å²) in [5.41, 5.74) is 1.45. The molecule has 0 bridgehead atoms. The number of carbonyl (C=O) groups excluding carboxylic acids is 1. The standard InChI is InChI=1S/C20H20Cl2N6O/c1-27(18-13-4-7-23-17(13)24-11-25-18)16-9-28(10-20(16)5-6-20)19(29)26-15-8-12(21)2-3-14(15)22/h2-4,7-8,11,16H,5-6,9-10H2,1H3,(H,26,29)(H,23,24,25)/t16-/m0/s1. The molecule has 2 fully saturated rings. The Morgan fingerprint density at radius 1 is 1.31 bits per heavy atom. The Bertz CT molecular complexity index is 1100. The summed E-state index contributed by atoms with van der Waals surface area (Å²) < 4.78 is 0. The lowest BCUT2D eigenvalue weighted by atomic mass is 9.99. The Morgan fingerprint density at radius 3 is 2.93 bits per heavy atom. The fourth-order valence-corrected chi connectivity index (χ4v) is 4.70. The molecule has 7 nitrogen and oxygen atoms in total. The Morgan fingerprint density at radius 2 is 2.14 bits per heavy atom. The van der Waals surface area contributed by atoms with Crippen LogP contribution in [0.15, 0.2) is 36.8 Å². The normalized spacial score (nSPS) is 19.7. The van der Waals surface area contributed by atoms with E-state index in [-0.39, 0.29) is 17.5 Å². The Balaban J connectivity index is 1.37. The molecule has 0 unspecified atom stereocenters. The van der Waals surface area contributed by atoms with E-state index in [4.69, 9.17) is 23.2 Å². The van der Waals surface area contributed by atoms with Crippen LogP contribution in [0.25, 0.3) is 11.0 Å². The van der Waals surface area contributed by atoms with Gasteiger partial charge in [0.1, 0.15) is 17.8 Å². The van der Waals surface area contributed by atoms with Crippen LogP contribution in [0, 0.1) is 5.41 Å². The number of likely N-dealkylation sites (tertiary alicyclic amines) is 1. The number of urea groups is 1. The summed E-state index contributed by atoms with van der Waals surface area (Å²) in [6.07, 6.45) is 5.65. The van der Waals surface area contributed by atoms with Crippen LogP contribution in [0.1, 0.15) is 12.8 Å². The fourth-order valence-electron chi connectivity index (χ4n) is 4.37. The first kappa shape index (κ1) is 18.5. The SMILES string of the molecule is CN(c1ncnc2[nH]ccc12)[C@H]1CN(C(=O)Nc2cc(Cl)ccc2Cl)CC12CC2. The molecule has 2 aromatic heterocycles. The number of hydrogen-bond donors (Lipinski definition) is 2. The minimum atomic E-state index is -0.161. The van der Waals surface area contributed by atoms with E-state index < -0.39 is 0 Å². The monoisotopic (exact) mass is 430 g/mol. The van der Waals surface area contributed by atoms with Crippen molar-refractivity contribution in [2.75, 3.05) is 30.4 Å². The molecular formula is C20H20Cl2N6O. The van der Waals surface area contributed by atoms with Gasteiger partial charge in [0.05, 0.1) is 22.1 Å². The molecule has 3 heterocycles. The third-order valence-electron chi connectivity index (χ3n) is 6.09. The van der Waals surface area contributed by atoms with Gasteiger partial charge in [-0.2, -0.15) is 0 Å². The van der Waals surface area contributed by atoms with Gasteiger partial charge in [0, 0.05) is 36.8 Å². The summed E-state index contributed by atoms with van der Waals surface area (Å²) in [6.45, 7) is 1.34. The summed E-state index contributed by atoms with van der Waals surface area (Å²) in [4.78, 5) is 28.9. The highest BCUT2D eigenvalue weighted by atomic mass is 35.5. The lowest BCUT2D eigenvalue weighted by Gasteiger charge is -2.30. The van der Waals surface area contributed by atoms with Crippen LogP contribution in [0.4, 0.5) is 16.3 Å². The second-order valence-electron chi connectivity index (χ2n) is 7.86. The van der Waals surface area contributed by atoms with Crippen molar-refractivity contribution < 1.29 is 4.79 Å². The average molecular weight is 431 g/mol. The van der Waals surface area contributed by atoms with E-state index in [2.05, 4.69) is 32.2 Å². The first-order valence-electron chi connectivity index (χ1n) is 9.49. The highest BCUT2D eigenvalue weighted by Crippen LogP contribution is 2.55. The predicted octanol–water partition coefficient (Wildman–Crippen LogP) is 4.40. The topological polar surface area (TPSA) is 77.2 Å². The van der Waals surface area contributed by atoms with Crippen molar-refractivity contribution in [2.24, 2.45) is 5.41 Å². The van der Waals surface area contributed by atoms with Crippen molar-refractivity contribution in [3.05, 3.63) is 46.8 Å². The number of aromatic nitrogens is 3. The van der Waals surface area contributed by atoms with Crippen molar-refractivity contribution in [2.45, 2.75) is 18.9 Å². The first-order chi connectivity index (χ1) is 14.0. The minimum Gasteiger partial charge on any atom is -0.354 e. The zero-order valence-electron chi connectivity index (χ0n) is 15.8. The van der Waals surface area contributed by atoms with Gasteiger partial charge in [0.2, 0.25) is 0 Å². The number of nitrogens with zero attached hydrogens (tertiary/aromatic N) is 4. The lowest BCUT2D eigenvalue weighted by molar-refractivity contribution is 0.220. The molecule has 1 spiro atoms. The van der Waals surface area contributed by atoms with Gasteiger partial charge in [-0.1, -0.05) is 23.2 Å². The molecule has 3 aromatic rings. The van der Waals surface area contributed by atoms with Gasteiger partial charge in [-0.05, 0) is 37.1 Å². The van der Waals surface area contributed by atoms with Gasteiger partial charge in [-0.3, -0.25) is 0 Å². The van der Waals surface area contributed by atoms with Crippen LogP contribution in [0.2, 0.25) is 10.0 Å². The maximum atomic E-state index is 12.9. The molecule has 29 heavy (non-hydrogen) atoms. The number of aromatic amines is 1. The third kappa shape index (κ3) is 3.18. The fraction of sp³-hybridized carbons (Fsp3) is 0.350. The quantitative estimate of drug-likeness (QED) is 0.645. The maximum Gasteiger partial charge on any atom is 0.321 e. The summed E-state index contributed by atoms with van der Waals surface area (Å²) in [7, 11) is 2.05. The molecule has 1 saturated carbocycles. The minimum absolute atomic E-state index is 0.109. The van der Waals surface area contributed by atoms with E-state index in [0.717, 1.165) is 29.7 Å². The van der Waals surface area contributed by atoms with E-state index in [0.29, 0.717) is 28.8 Å². The number of likely N-dealkylation sites (N-methyl/N-ethyl adjacent to an activating group) is 1. The van der Waals surface area contributed by atoms with E-state index in [9.17, 15) is 4.79 Å². The maximum absolute atomic E-state index is 12.9. The number of H-pyrrole nitrogens is 1. The number of benzene rings is 1. The Hall–Kier alpha value is -2.51. The predicted molar refractivity (Wildman–Crippen MR) is 115 cm³/mol. The molecule has 1 saturated heterocycles. The van der Waals surface area contributed by atoms with Crippen LogP contribution in [0.3, 0.4) is 0 Å². The molecule has 1 aliphatic carbocycles. The molecule has 2 aliphatic rings. The largest absolute Gasteiger partial charge is 0.354 e. The average Bonchev–Trinajstić information content (AvgIpc) is 3.13. The zero-order chi connectivity index (χ0) is 20.2. The van der Waals surface area contributed by atoms with Crippen LogP contribution >= 0.6 is 23.2 Å². The number of nitrogens with one attached hydrogen (secondary N) is 2.